The Morgan fingerprint density at radius 1 is 1.40 bits per heavy atom. The van der Waals surface area contributed by atoms with E-state index in [1.807, 2.05) is 6.92 Å². The summed E-state index contributed by atoms with van der Waals surface area (Å²) in [5.74, 6) is -0.445. The minimum atomic E-state index is -0.441. The number of fused-ring (bicyclic) bond motifs is 1. The molecule has 0 spiro atoms. The zero-order valence-corrected chi connectivity index (χ0v) is 15.9. The van der Waals surface area contributed by atoms with E-state index < -0.39 is 5.82 Å². The van der Waals surface area contributed by atoms with Gasteiger partial charge in [0.2, 0.25) is 0 Å². The molecule has 0 aliphatic carbocycles. The average Bonchev–Trinajstić information content (AvgIpc) is 3.04. The van der Waals surface area contributed by atoms with Gasteiger partial charge >= 0.3 is 0 Å². The molecule has 0 fully saturated rings. The van der Waals surface area contributed by atoms with Crippen molar-refractivity contribution in [3.05, 3.63) is 55.7 Å². The van der Waals surface area contributed by atoms with Crippen molar-refractivity contribution in [3.63, 3.8) is 0 Å². The Bertz CT molecular complexity index is 905. The Kier molecular flexibility index (Phi) is 5.08. The van der Waals surface area contributed by atoms with Crippen LogP contribution in [0, 0.1) is 12.7 Å². The molecule has 2 aromatic rings. The molecule has 1 N–H and O–H groups in total. The summed E-state index contributed by atoms with van der Waals surface area (Å²) in [5.41, 5.74) is 2.35. The molecule has 0 unspecified atom stereocenters. The zero-order chi connectivity index (χ0) is 18.1. The number of nitrogens with zero attached hydrogens (tertiary/aromatic N) is 1. The Hall–Kier alpha value is -1.95. The molecule has 6 heteroatoms. The number of benzene rings is 1. The fourth-order valence-corrected chi connectivity index (χ4v) is 3.67. The normalized spacial score (nSPS) is 13.0. The van der Waals surface area contributed by atoms with Gasteiger partial charge in [-0.25, -0.2) is 4.39 Å². The van der Waals surface area contributed by atoms with Gasteiger partial charge in [0.1, 0.15) is 5.82 Å². The Morgan fingerprint density at radius 2 is 2.16 bits per heavy atom. The molecule has 1 aliphatic heterocycles. The molecule has 132 valence electrons. The molecule has 3 rings (SSSR count). The number of carbonyl (C=O) groups is 1. The number of carbonyl (C=O) groups excluding carboxylic acids is 1. The highest BCUT2D eigenvalue weighted by Crippen LogP contribution is 2.32. The number of halogens is 2. The predicted octanol–water partition coefficient (Wildman–Crippen LogP) is 4.73. The van der Waals surface area contributed by atoms with Gasteiger partial charge in [-0.3, -0.25) is 9.59 Å². The van der Waals surface area contributed by atoms with Gasteiger partial charge in [-0.2, -0.15) is 0 Å². The first-order valence-corrected chi connectivity index (χ1v) is 9.24. The molecule has 1 aliphatic rings. The maximum absolute atomic E-state index is 14.3. The Balaban J connectivity index is 2.19. The maximum Gasteiger partial charge on any atom is 0.255 e. The number of pyridine rings is 1. The number of nitrogens with one attached hydrogen (secondary N) is 1. The summed E-state index contributed by atoms with van der Waals surface area (Å²) in [7, 11) is 0. The minimum absolute atomic E-state index is 0.00345. The van der Waals surface area contributed by atoms with E-state index in [-0.39, 0.29) is 17.0 Å². The number of hydrogen-bond acceptors (Lipinski definition) is 3. The van der Waals surface area contributed by atoms with E-state index in [1.54, 1.807) is 23.6 Å². The lowest BCUT2D eigenvalue weighted by Crippen LogP contribution is -2.26. The second kappa shape index (κ2) is 7.12. The monoisotopic (exact) mass is 406 g/mol. The molecule has 0 radical (unpaired) electrons. The topological polar surface area (TPSA) is 51.1 Å². The van der Waals surface area contributed by atoms with Crippen LogP contribution in [0.1, 0.15) is 47.8 Å². The number of hydrogen-bond donors (Lipinski definition) is 1. The highest BCUT2D eigenvalue weighted by atomic mass is 79.9. The molecule has 0 saturated carbocycles. The van der Waals surface area contributed by atoms with E-state index in [0.717, 1.165) is 18.5 Å². The van der Waals surface area contributed by atoms with Gasteiger partial charge in [-0.05, 0) is 44.4 Å². The average molecular weight is 407 g/mol. The van der Waals surface area contributed by atoms with Gasteiger partial charge in [0.15, 0.2) is 5.78 Å². The molecule has 25 heavy (non-hydrogen) atoms. The van der Waals surface area contributed by atoms with Gasteiger partial charge in [0, 0.05) is 28.7 Å². The molecule has 1 aromatic heterocycles. The van der Waals surface area contributed by atoms with Crippen LogP contribution in [0.3, 0.4) is 0 Å². The van der Waals surface area contributed by atoms with Gasteiger partial charge < -0.3 is 9.88 Å². The lowest BCUT2D eigenvalue weighted by Gasteiger charge is -2.19. The second-order valence-corrected chi connectivity index (χ2v) is 7.22. The summed E-state index contributed by atoms with van der Waals surface area (Å²) in [6.07, 6.45) is 2.67. The third-order valence-electron chi connectivity index (χ3n) is 4.55. The first-order chi connectivity index (χ1) is 11.9. The van der Waals surface area contributed by atoms with Gasteiger partial charge in [-0.1, -0.05) is 22.9 Å². The molecule has 4 nitrogen and oxygen atoms in total. The number of anilines is 2. The van der Waals surface area contributed by atoms with Crippen molar-refractivity contribution in [1.29, 1.82) is 0 Å². The highest BCUT2D eigenvalue weighted by Gasteiger charge is 2.26. The first kappa shape index (κ1) is 17.9. The number of aromatic nitrogens is 1. The molecule has 2 heterocycles. The van der Waals surface area contributed by atoms with Crippen LogP contribution in [0.25, 0.3) is 0 Å². The number of ketones is 1. The summed E-state index contributed by atoms with van der Waals surface area (Å²) in [4.78, 5) is 25.4. The largest absolute Gasteiger partial charge is 0.352 e. The lowest BCUT2D eigenvalue weighted by molar-refractivity contribution is 0.0981. The molecule has 0 saturated heterocycles. The molecule has 1 aromatic carbocycles. The molecular weight excluding hydrogens is 387 g/mol. The van der Waals surface area contributed by atoms with E-state index in [1.165, 1.54) is 6.07 Å². The van der Waals surface area contributed by atoms with Crippen molar-refractivity contribution >= 4 is 33.1 Å². The van der Waals surface area contributed by atoms with Crippen molar-refractivity contribution in [2.24, 2.45) is 0 Å². The van der Waals surface area contributed by atoms with Crippen LogP contribution in [0.2, 0.25) is 0 Å². The van der Waals surface area contributed by atoms with Gasteiger partial charge in [0.25, 0.3) is 5.56 Å². The van der Waals surface area contributed by atoms with Crippen molar-refractivity contribution in [2.45, 2.75) is 46.1 Å². The minimum Gasteiger partial charge on any atom is -0.352 e. The first-order valence-electron chi connectivity index (χ1n) is 8.45. The van der Waals surface area contributed by atoms with Crippen LogP contribution in [-0.4, -0.2) is 10.4 Å². The van der Waals surface area contributed by atoms with Crippen molar-refractivity contribution in [3.8, 4) is 0 Å². The van der Waals surface area contributed by atoms with Crippen molar-refractivity contribution in [2.75, 3.05) is 5.32 Å². The van der Waals surface area contributed by atoms with Gasteiger partial charge in [0.05, 0.1) is 16.9 Å². The standard InChI is InChI=1S/C19H20BrFN2O2/c1-3-5-16(24)17-15-6-4-9-23(15)19(25)11(2)18(17)22-14-8-7-12(20)10-13(14)21/h7-8,10,22H,3-6,9H2,1-2H3. The summed E-state index contributed by atoms with van der Waals surface area (Å²) in [6, 6.07) is 4.66. The quantitative estimate of drug-likeness (QED) is 0.730. The summed E-state index contributed by atoms with van der Waals surface area (Å²) < 4.78 is 16.6. The molecule has 0 atom stereocenters. The smallest absolute Gasteiger partial charge is 0.255 e. The van der Waals surface area contributed by atoms with Crippen molar-refractivity contribution < 1.29 is 9.18 Å². The van der Waals surface area contributed by atoms with Crippen LogP contribution < -0.4 is 10.9 Å². The predicted molar refractivity (Wildman–Crippen MR) is 100 cm³/mol. The lowest BCUT2D eigenvalue weighted by atomic mass is 9.99. The third kappa shape index (κ3) is 3.27. The van der Waals surface area contributed by atoms with Crippen LogP contribution >= 0.6 is 15.9 Å². The second-order valence-electron chi connectivity index (χ2n) is 6.30. The highest BCUT2D eigenvalue weighted by molar-refractivity contribution is 9.10. The van der Waals surface area contributed by atoms with E-state index in [0.29, 0.717) is 40.7 Å². The van der Waals surface area contributed by atoms with Gasteiger partial charge in [-0.15, -0.1) is 0 Å². The van der Waals surface area contributed by atoms with E-state index in [9.17, 15) is 14.0 Å². The van der Waals surface area contributed by atoms with Crippen LogP contribution in [-0.2, 0) is 13.0 Å². The Morgan fingerprint density at radius 3 is 2.84 bits per heavy atom. The van der Waals surface area contributed by atoms with Crippen molar-refractivity contribution in [1.82, 2.24) is 4.57 Å². The van der Waals surface area contributed by atoms with E-state index >= 15 is 0 Å². The molecular formula is C19H20BrFN2O2. The zero-order valence-electron chi connectivity index (χ0n) is 14.3. The fraction of sp³-hybridized carbons (Fsp3) is 0.368. The number of Topliss-reactive ketones (excluding diaryl/α,β-unsaturated/α-hetero) is 1. The Labute approximate surface area is 154 Å². The molecule has 0 amide bonds. The van der Waals surface area contributed by atoms with Crippen LogP contribution in [0.5, 0.6) is 0 Å². The van der Waals surface area contributed by atoms with Crippen LogP contribution in [0.4, 0.5) is 15.8 Å². The summed E-state index contributed by atoms with van der Waals surface area (Å²) in [5, 5.41) is 3.02. The van der Waals surface area contributed by atoms with E-state index in [2.05, 4.69) is 21.2 Å². The molecule has 0 bridgehead atoms. The van der Waals surface area contributed by atoms with Crippen LogP contribution in [0.15, 0.2) is 27.5 Å². The number of rotatable bonds is 5. The third-order valence-corrected chi connectivity index (χ3v) is 5.04. The SMILES string of the molecule is CCCC(=O)c1c(Nc2ccc(Br)cc2F)c(C)c(=O)n2c1CCC2. The summed E-state index contributed by atoms with van der Waals surface area (Å²) >= 11 is 3.23. The summed E-state index contributed by atoms with van der Waals surface area (Å²) in [6.45, 7) is 4.27. The van der Waals surface area contributed by atoms with E-state index in [4.69, 9.17) is 0 Å². The fourth-order valence-electron chi connectivity index (χ4n) is 3.33. The maximum atomic E-state index is 14.3.